The Labute approximate surface area is 122 Å². The molecule has 0 aromatic heterocycles. The Morgan fingerprint density at radius 1 is 1.30 bits per heavy atom. The number of nitrogens with zero attached hydrogens (tertiary/aromatic N) is 1. The summed E-state index contributed by atoms with van der Waals surface area (Å²) < 4.78 is 0. The van der Waals surface area contributed by atoms with Crippen LogP contribution in [0.5, 0.6) is 0 Å². The van der Waals surface area contributed by atoms with Crippen molar-refractivity contribution in [2.45, 2.75) is 32.1 Å². The lowest BCUT2D eigenvalue weighted by molar-refractivity contribution is -0.134. The molecule has 0 saturated carbocycles. The minimum absolute atomic E-state index is 0.0250. The fraction of sp³-hybridized carbons (Fsp3) is 0.588. The minimum Gasteiger partial charge on any atom is -0.342 e. The zero-order valence-corrected chi connectivity index (χ0v) is 12.6. The van der Waals surface area contributed by atoms with Crippen LogP contribution in [-0.2, 0) is 4.79 Å². The highest BCUT2D eigenvalue weighted by Crippen LogP contribution is 2.25. The smallest absolute Gasteiger partial charge is 0.230 e. The second-order valence-corrected chi connectivity index (χ2v) is 5.70. The fourth-order valence-corrected chi connectivity index (χ4v) is 3.10. The number of piperidine rings is 1. The van der Waals surface area contributed by atoms with Gasteiger partial charge < -0.3 is 10.2 Å². The van der Waals surface area contributed by atoms with Crippen LogP contribution in [0.1, 0.15) is 37.7 Å². The van der Waals surface area contributed by atoms with E-state index >= 15 is 0 Å². The van der Waals surface area contributed by atoms with Crippen LogP contribution < -0.4 is 5.32 Å². The SMILES string of the molecule is CCC(C(=O)N1CCC(CNC)CC1)c1ccccc1. The molecule has 1 atom stereocenters. The maximum Gasteiger partial charge on any atom is 0.230 e. The average Bonchev–Trinajstić information content (AvgIpc) is 2.50. The number of rotatable bonds is 5. The van der Waals surface area contributed by atoms with E-state index in [-0.39, 0.29) is 5.92 Å². The van der Waals surface area contributed by atoms with E-state index in [9.17, 15) is 4.79 Å². The lowest BCUT2D eigenvalue weighted by atomic mass is 9.92. The highest BCUT2D eigenvalue weighted by atomic mass is 16.2. The predicted octanol–water partition coefficient (Wildman–Crippen LogP) is 2.64. The molecule has 0 spiro atoms. The average molecular weight is 274 g/mol. The third-order valence-corrected chi connectivity index (χ3v) is 4.33. The Kier molecular flexibility index (Phi) is 5.60. The van der Waals surface area contributed by atoms with Gasteiger partial charge in [0.05, 0.1) is 5.92 Å². The molecule has 1 aliphatic rings. The number of likely N-dealkylation sites (tertiary alicyclic amines) is 1. The number of benzene rings is 1. The lowest BCUT2D eigenvalue weighted by Gasteiger charge is -2.34. The third-order valence-electron chi connectivity index (χ3n) is 4.33. The summed E-state index contributed by atoms with van der Waals surface area (Å²) in [5.41, 5.74) is 1.15. The Hall–Kier alpha value is -1.35. The predicted molar refractivity (Wildman–Crippen MR) is 82.7 cm³/mol. The number of hydrogen-bond donors (Lipinski definition) is 1. The minimum atomic E-state index is 0.0250. The summed E-state index contributed by atoms with van der Waals surface area (Å²) in [5.74, 6) is 1.06. The van der Waals surface area contributed by atoms with Gasteiger partial charge in [0.2, 0.25) is 5.91 Å². The number of hydrogen-bond acceptors (Lipinski definition) is 2. The summed E-state index contributed by atoms with van der Waals surface area (Å²) >= 11 is 0. The van der Waals surface area contributed by atoms with Gasteiger partial charge in [0.1, 0.15) is 0 Å². The van der Waals surface area contributed by atoms with Crippen LogP contribution in [0.4, 0.5) is 0 Å². The molecule has 1 unspecified atom stereocenters. The van der Waals surface area contributed by atoms with Crippen LogP contribution in [-0.4, -0.2) is 37.5 Å². The second-order valence-electron chi connectivity index (χ2n) is 5.70. The van der Waals surface area contributed by atoms with Crippen LogP contribution in [0.2, 0.25) is 0 Å². The van der Waals surface area contributed by atoms with Crippen LogP contribution in [0, 0.1) is 5.92 Å². The zero-order chi connectivity index (χ0) is 14.4. The Morgan fingerprint density at radius 2 is 1.95 bits per heavy atom. The topological polar surface area (TPSA) is 32.3 Å². The molecule has 1 saturated heterocycles. The molecule has 1 N–H and O–H groups in total. The lowest BCUT2D eigenvalue weighted by Crippen LogP contribution is -2.42. The van der Waals surface area contributed by atoms with Crippen molar-refractivity contribution in [3.63, 3.8) is 0 Å². The molecule has 1 fully saturated rings. The Bertz CT molecular complexity index is 410. The van der Waals surface area contributed by atoms with Crippen molar-refractivity contribution < 1.29 is 4.79 Å². The molecule has 110 valence electrons. The van der Waals surface area contributed by atoms with Crippen molar-refractivity contribution >= 4 is 5.91 Å². The number of carbonyl (C=O) groups excluding carboxylic acids is 1. The number of nitrogens with one attached hydrogen (secondary N) is 1. The Balaban J connectivity index is 1.97. The first kappa shape index (κ1) is 15.0. The molecule has 1 aliphatic heterocycles. The summed E-state index contributed by atoms with van der Waals surface area (Å²) in [6.07, 6.45) is 3.12. The summed E-state index contributed by atoms with van der Waals surface area (Å²) in [7, 11) is 2.00. The van der Waals surface area contributed by atoms with Gasteiger partial charge in [-0.05, 0) is 44.3 Å². The maximum absolute atomic E-state index is 12.7. The van der Waals surface area contributed by atoms with E-state index in [0.29, 0.717) is 5.91 Å². The van der Waals surface area contributed by atoms with E-state index in [1.54, 1.807) is 0 Å². The maximum atomic E-state index is 12.7. The Morgan fingerprint density at radius 3 is 2.50 bits per heavy atom. The molecule has 0 radical (unpaired) electrons. The molecule has 3 nitrogen and oxygen atoms in total. The van der Waals surface area contributed by atoms with Crippen molar-refractivity contribution in [3.05, 3.63) is 35.9 Å². The number of amides is 1. The van der Waals surface area contributed by atoms with Gasteiger partial charge in [-0.1, -0.05) is 37.3 Å². The van der Waals surface area contributed by atoms with Gasteiger partial charge in [-0.15, -0.1) is 0 Å². The van der Waals surface area contributed by atoms with E-state index in [0.717, 1.165) is 50.4 Å². The molecule has 1 aromatic carbocycles. The van der Waals surface area contributed by atoms with E-state index in [2.05, 4.69) is 29.3 Å². The fourth-order valence-electron chi connectivity index (χ4n) is 3.10. The van der Waals surface area contributed by atoms with Gasteiger partial charge in [-0.2, -0.15) is 0 Å². The van der Waals surface area contributed by atoms with Gasteiger partial charge in [0, 0.05) is 13.1 Å². The van der Waals surface area contributed by atoms with Crippen molar-refractivity contribution in [2.24, 2.45) is 5.92 Å². The van der Waals surface area contributed by atoms with Crippen molar-refractivity contribution in [3.8, 4) is 0 Å². The van der Waals surface area contributed by atoms with E-state index < -0.39 is 0 Å². The van der Waals surface area contributed by atoms with Crippen molar-refractivity contribution in [1.82, 2.24) is 10.2 Å². The van der Waals surface area contributed by atoms with Gasteiger partial charge in [-0.3, -0.25) is 4.79 Å². The zero-order valence-electron chi connectivity index (χ0n) is 12.6. The second kappa shape index (κ2) is 7.44. The quantitative estimate of drug-likeness (QED) is 0.895. The molecule has 1 heterocycles. The first-order chi connectivity index (χ1) is 9.76. The van der Waals surface area contributed by atoms with Gasteiger partial charge in [-0.25, -0.2) is 0 Å². The third kappa shape index (κ3) is 3.60. The molecule has 1 aromatic rings. The largest absolute Gasteiger partial charge is 0.342 e. The van der Waals surface area contributed by atoms with Crippen LogP contribution in [0.15, 0.2) is 30.3 Å². The van der Waals surface area contributed by atoms with Crippen molar-refractivity contribution in [2.75, 3.05) is 26.7 Å². The first-order valence-corrected chi connectivity index (χ1v) is 7.74. The van der Waals surface area contributed by atoms with E-state index in [1.165, 1.54) is 0 Å². The van der Waals surface area contributed by atoms with Gasteiger partial charge in [0.15, 0.2) is 0 Å². The molecule has 2 rings (SSSR count). The van der Waals surface area contributed by atoms with E-state index in [1.807, 2.05) is 25.2 Å². The normalized spacial score (nSPS) is 18.0. The summed E-state index contributed by atoms with van der Waals surface area (Å²) in [4.78, 5) is 14.8. The van der Waals surface area contributed by atoms with Crippen LogP contribution in [0.3, 0.4) is 0 Å². The molecule has 3 heteroatoms. The molecule has 1 amide bonds. The summed E-state index contributed by atoms with van der Waals surface area (Å²) in [5, 5.41) is 3.24. The standard InChI is InChI=1S/C17H26N2O/c1-3-16(15-7-5-4-6-8-15)17(20)19-11-9-14(10-12-19)13-18-2/h4-8,14,16,18H,3,9-13H2,1-2H3. The monoisotopic (exact) mass is 274 g/mol. The molecule has 0 bridgehead atoms. The first-order valence-electron chi connectivity index (χ1n) is 7.74. The highest BCUT2D eigenvalue weighted by Gasteiger charge is 2.27. The summed E-state index contributed by atoms with van der Waals surface area (Å²) in [6.45, 7) is 4.99. The number of carbonyl (C=O) groups is 1. The van der Waals surface area contributed by atoms with Gasteiger partial charge in [0.25, 0.3) is 0 Å². The molecular formula is C17H26N2O. The van der Waals surface area contributed by atoms with Crippen molar-refractivity contribution in [1.29, 1.82) is 0 Å². The summed E-state index contributed by atoms with van der Waals surface area (Å²) in [6, 6.07) is 10.2. The van der Waals surface area contributed by atoms with Crippen LogP contribution in [0.25, 0.3) is 0 Å². The van der Waals surface area contributed by atoms with Crippen LogP contribution >= 0.6 is 0 Å². The van der Waals surface area contributed by atoms with Gasteiger partial charge >= 0.3 is 0 Å². The molecule has 20 heavy (non-hydrogen) atoms. The molecular weight excluding hydrogens is 248 g/mol. The molecule has 0 aliphatic carbocycles. The highest BCUT2D eigenvalue weighted by molar-refractivity contribution is 5.83. The van der Waals surface area contributed by atoms with E-state index in [4.69, 9.17) is 0 Å².